The van der Waals surface area contributed by atoms with Crippen molar-refractivity contribution in [3.8, 4) is 5.75 Å². The number of carbonyl (C=O) groups is 1. The van der Waals surface area contributed by atoms with Crippen LogP contribution < -0.4 is 11.1 Å². The van der Waals surface area contributed by atoms with Crippen LogP contribution in [-0.4, -0.2) is 11.0 Å². The minimum atomic E-state index is -0.570. The lowest BCUT2D eigenvalue weighted by Gasteiger charge is -2.20. The minimum Gasteiger partial charge on any atom is -0.508 e. The molecule has 0 spiro atoms. The van der Waals surface area contributed by atoms with Crippen LogP contribution in [0.5, 0.6) is 5.75 Å². The average molecular weight is 305 g/mol. The highest BCUT2D eigenvalue weighted by Crippen LogP contribution is 2.30. The maximum atomic E-state index is 11.3. The molecule has 1 atom stereocenters. The molecule has 4 nitrogen and oxygen atoms in total. The first kappa shape index (κ1) is 15.2. The van der Waals surface area contributed by atoms with Gasteiger partial charge in [-0.3, -0.25) is 4.79 Å². The summed E-state index contributed by atoms with van der Waals surface area (Å²) in [6.07, 6.45) is 0.770. The van der Waals surface area contributed by atoms with E-state index < -0.39 is 5.91 Å². The van der Waals surface area contributed by atoms with Crippen molar-refractivity contribution in [1.82, 2.24) is 0 Å². The molecule has 0 aliphatic heterocycles. The number of para-hydroxylation sites is 1. The van der Waals surface area contributed by atoms with Gasteiger partial charge in [-0.25, -0.2) is 0 Å². The number of hydrogen-bond donors (Lipinski definition) is 3. The SMILES string of the molecule is CCC(Nc1ccc(Cl)c(C(N)=O)c1)c1ccccc1O. The minimum absolute atomic E-state index is 0.0758. The first-order valence-electron chi connectivity index (χ1n) is 6.66. The fourth-order valence-electron chi connectivity index (χ4n) is 2.19. The Morgan fingerprint density at radius 3 is 2.67 bits per heavy atom. The monoisotopic (exact) mass is 304 g/mol. The fraction of sp³-hybridized carbons (Fsp3) is 0.188. The van der Waals surface area contributed by atoms with Crippen LogP contribution in [0.1, 0.15) is 35.3 Å². The Labute approximate surface area is 128 Å². The van der Waals surface area contributed by atoms with Gasteiger partial charge in [0, 0.05) is 11.3 Å². The number of amides is 1. The summed E-state index contributed by atoms with van der Waals surface area (Å²) in [7, 11) is 0. The lowest BCUT2D eigenvalue weighted by Crippen LogP contribution is -2.14. The summed E-state index contributed by atoms with van der Waals surface area (Å²) in [5.74, 6) is -0.333. The van der Waals surface area contributed by atoms with E-state index in [0.29, 0.717) is 5.02 Å². The normalized spacial score (nSPS) is 11.9. The summed E-state index contributed by atoms with van der Waals surface area (Å²) < 4.78 is 0. The zero-order valence-electron chi connectivity index (χ0n) is 11.6. The number of phenols is 1. The number of rotatable bonds is 5. The van der Waals surface area contributed by atoms with Gasteiger partial charge in [0.1, 0.15) is 5.75 Å². The molecule has 5 heteroatoms. The number of aromatic hydroxyl groups is 1. The van der Waals surface area contributed by atoms with Crippen molar-refractivity contribution in [1.29, 1.82) is 0 Å². The van der Waals surface area contributed by atoms with E-state index in [1.807, 2.05) is 19.1 Å². The summed E-state index contributed by atoms with van der Waals surface area (Å²) in [5.41, 5.74) is 7.09. The van der Waals surface area contributed by atoms with Gasteiger partial charge in [-0.2, -0.15) is 0 Å². The molecule has 0 aliphatic rings. The van der Waals surface area contributed by atoms with Gasteiger partial charge in [0.2, 0.25) is 5.91 Å². The largest absolute Gasteiger partial charge is 0.508 e. The second-order valence-electron chi connectivity index (χ2n) is 4.72. The highest BCUT2D eigenvalue weighted by molar-refractivity contribution is 6.33. The molecule has 0 fully saturated rings. The molecule has 110 valence electrons. The molecule has 0 aromatic heterocycles. The van der Waals surface area contributed by atoms with E-state index in [9.17, 15) is 9.90 Å². The van der Waals surface area contributed by atoms with Gasteiger partial charge >= 0.3 is 0 Å². The molecule has 0 saturated heterocycles. The zero-order valence-corrected chi connectivity index (χ0v) is 12.4. The summed E-state index contributed by atoms with van der Waals surface area (Å²) in [6.45, 7) is 2.01. The Kier molecular flexibility index (Phi) is 4.70. The van der Waals surface area contributed by atoms with Gasteiger partial charge in [-0.1, -0.05) is 36.7 Å². The van der Waals surface area contributed by atoms with Crippen molar-refractivity contribution in [2.45, 2.75) is 19.4 Å². The molecule has 0 heterocycles. The molecule has 0 aliphatic carbocycles. The molecule has 0 saturated carbocycles. The molecule has 1 unspecified atom stereocenters. The molecule has 21 heavy (non-hydrogen) atoms. The smallest absolute Gasteiger partial charge is 0.250 e. The topological polar surface area (TPSA) is 75.3 Å². The molecule has 2 aromatic rings. The van der Waals surface area contributed by atoms with Gasteiger partial charge in [0.05, 0.1) is 16.6 Å². The standard InChI is InChI=1S/C16H17ClN2O2/c1-2-14(11-5-3-4-6-15(11)20)19-10-7-8-13(17)12(9-10)16(18)21/h3-9,14,19-20H,2H2,1H3,(H2,18,21). The predicted molar refractivity (Wildman–Crippen MR) is 84.7 cm³/mol. The molecule has 0 radical (unpaired) electrons. The van der Waals surface area contributed by atoms with E-state index >= 15 is 0 Å². The Balaban J connectivity index is 2.29. The van der Waals surface area contributed by atoms with Gasteiger partial charge in [-0.15, -0.1) is 0 Å². The number of primary amides is 1. The molecule has 4 N–H and O–H groups in total. The zero-order chi connectivity index (χ0) is 15.4. The summed E-state index contributed by atoms with van der Waals surface area (Å²) in [6, 6.07) is 12.1. The van der Waals surface area contributed by atoms with Gasteiger partial charge in [-0.05, 0) is 30.7 Å². The lowest BCUT2D eigenvalue weighted by molar-refractivity contribution is 0.100. The Bertz CT molecular complexity index is 658. The first-order valence-corrected chi connectivity index (χ1v) is 7.04. The van der Waals surface area contributed by atoms with Gasteiger partial charge in [0.25, 0.3) is 0 Å². The lowest BCUT2D eigenvalue weighted by atomic mass is 10.0. The number of anilines is 1. The second-order valence-corrected chi connectivity index (χ2v) is 5.13. The van der Waals surface area contributed by atoms with E-state index in [1.165, 1.54) is 0 Å². The van der Waals surface area contributed by atoms with Crippen LogP contribution in [-0.2, 0) is 0 Å². The molecule has 0 bridgehead atoms. The summed E-state index contributed by atoms with van der Waals surface area (Å²) in [5, 5.41) is 13.5. The van der Waals surface area contributed by atoms with E-state index in [2.05, 4.69) is 5.32 Å². The number of halogens is 1. The van der Waals surface area contributed by atoms with Crippen LogP contribution in [0.25, 0.3) is 0 Å². The van der Waals surface area contributed by atoms with Crippen LogP contribution >= 0.6 is 11.6 Å². The van der Waals surface area contributed by atoms with Crippen molar-refractivity contribution in [2.24, 2.45) is 5.73 Å². The molecule has 2 rings (SSSR count). The van der Waals surface area contributed by atoms with Crippen molar-refractivity contribution in [3.63, 3.8) is 0 Å². The Morgan fingerprint density at radius 2 is 2.05 bits per heavy atom. The van der Waals surface area contributed by atoms with E-state index in [-0.39, 0.29) is 17.4 Å². The molecular formula is C16H17ClN2O2. The highest BCUT2D eigenvalue weighted by Gasteiger charge is 2.14. The second kappa shape index (κ2) is 6.50. The number of benzene rings is 2. The van der Waals surface area contributed by atoms with Crippen molar-refractivity contribution in [2.75, 3.05) is 5.32 Å². The molecule has 2 aromatic carbocycles. The van der Waals surface area contributed by atoms with Crippen LogP contribution in [0, 0.1) is 0 Å². The van der Waals surface area contributed by atoms with Gasteiger partial charge < -0.3 is 16.2 Å². The maximum Gasteiger partial charge on any atom is 0.250 e. The van der Waals surface area contributed by atoms with E-state index in [0.717, 1.165) is 17.7 Å². The third-order valence-electron chi connectivity index (χ3n) is 3.29. The highest BCUT2D eigenvalue weighted by atomic mass is 35.5. The van der Waals surface area contributed by atoms with Crippen molar-refractivity contribution < 1.29 is 9.90 Å². The number of nitrogens with two attached hydrogens (primary N) is 1. The number of hydrogen-bond acceptors (Lipinski definition) is 3. The summed E-state index contributed by atoms with van der Waals surface area (Å²) in [4.78, 5) is 11.3. The van der Waals surface area contributed by atoms with Gasteiger partial charge in [0.15, 0.2) is 0 Å². The fourth-order valence-corrected chi connectivity index (χ4v) is 2.40. The van der Waals surface area contributed by atoms with Crippen molar-refractivity contribution >= 4 is 23.2 Å². The number of carbonyl (C=O) groups excluding carboxylic acids is 1. The summed E-state index contributed by atoms with van der Waals surface area (Å²) >= 11 is 5.94. The average Bonchev–Trinajstić information content (AvgIpc) is 2.47. The third kappa shape index (κ3) is 3.47. The Hall–Kier alpha value is -2.20. The van der Waals surface area contributed by atoms with Crippen LogP contribution in [0.3, 0.4) is 0 Å². The van der Waals surface area contributed by atoms with Crippen LogP contribution in [0.15, 0.2) is 42.5 Å². The molecule has 1 amide bonds. The van der Waals surface area contributed by atoms with E-state index in [4.69, 9.17) is 17.3 Å². The molecular weight excluding hydrogens is 288 g/mol. The van der Waals surface area contributed by atoms with Crippen LogP contribution in [0.4, 0.5) is 5.69 Å². The predicted octanol–water partition coefficient (Wildman–Crippen LogP) is 3.71. The number of phenolic OH excluding ortho intramolecular Hbond substituents is 1. The first-order chi connectivity index (χ1) is 10.0. The third-order valence-corrected chi connectivity index (χ3v) is 3.62. The maximum absolute atomic E-state index is 11.3. The Morgan fingerprint density at radius 1 is 1.33 bits per heavy atom. The quantitative estimate of drug-likeness (QED) is 0.788. The van der Waals surface area contributed by atoms with Crippen LogP contribution in [0.2, 0.25) is 5.02 Å². The van der Waals surface area contributed by atoms with E-state index in [1.54, 1.807) is 30.3 Å². The number of nitrogens with one attached hydrogen (secondary N) is 1. The van der Waals surface area contributed by atoms with Crippen molar-refractivity contribution in [3.05, 3.63) is 58.6 Å².